The van der Waals surface area contributed by atoms with E-state index < -0.39 is 11.5 Å². The molecule has 0 saturated heterocycles. The van der Waals surface area contributed by atoms with Gasteiger partial charge in [0.1, 0.15) is 5.54 Å². The number of likely N-dealkylation sites (N-methyl/N-ethyl adjacent to an activating group) is 1. The molecule has 1 amide bonds. The van der Waals surface area contributed by atoms with Gasteiger partial charge in [0.15, 0.2) is 0 Å². The number of carboxylic acids is 1. The summed E-state index contributed by atoms with van der Waals surface area (Å²) in [5.74, 6) is -1.10. The SMILES string of the molecule is Cc1noc2nc(C3CC3)cc(C(=O)N(C)C(C)(C)C(=O)O)c12. The number of hydrogen-bond donors (Lipinski definition) is 1. The van der Waals surface area contributed by atoms with Crippen molar-refractivity contribution in [2.75, 3.05) is 7.05 Å². The van der Waals surface area contributed by atoms with Gasteiger partial charge >= 0.3 is 5.97 Å². The zero-order chi connectivity index (χ0) is 16.9. The van der Waals surface area contributed by atoms with Crippen molar-refractivity contribution in [1.29, 1.82) is 0 Å². The van der Waals surface area contributed by atoms with Gasteiger partial charge in [-0.25, -0.2) is 9.78 Å². The second kappa shape index (κ2) is 5.04. The number of carbonyl (C=O) groups excluding carboxylic acids is 1. The third-order valence-electron chi connectivity index (χ3n) is 4.53. The fourth-order valence-electron chi connectivity index (χ4n) is 2.45. The Labute approximate surface area is 133 Å². The van der Waals surface area contributed by atoms with Crippen molar-refractivity contribution in [3.63, 3.8) is 0 Å². The highest BCUT2D eigenvalue weighted by Crippen LogP contribution is 2.40. The minimum atomic E-state index is -1.32. The Kier molecular flexibility index (Phi) is 3.39. The van der Waals surface area contributed by atoms with Crippen molar-refractivity contribution < 1.29 is 19.2 Å². The normalized spacial score (nSPS) is 15.0. The molecule has 1 saturated carbocycles. The molecule has 1 N–H and O–H groups in total. The van der Waals surface area contributed by atoms with Crippen LogP contribution in [-0.2, 0) is 4.79 Å². The first-order chi connectivity index (χ1) is 10.7. The molecule has 23 heavy (non-hydrogen) atoms. The van der Waals surface area contributed by atoms with Gasteiger partial charge in [-0.2, -0.15) is 0 Å². The van der Waals surface area contributed by atoms with Crippen molar-refractivity contribution in [3.05, 3.63) is 23.0 Å². The minimum Gasteiger partial charge on any atom is -0.480 e. The number of aryl methyl sites for hydroxylation is 1. The molecule has 7 nitrogen and oxygen atoms in total. The number of aliphatic carboxylic acids is 1. The Morgan fingerprint density at radius 3 is 2.61 bits per heavy atom. The molecule has 1 fully saturated rings. The van der Waals surface area contributed by atoms with Crippen molar-refractivity contribution in [3.8, 4) is 0 Å². The number of fused-ring (bicyclic) bond motifs is 1. The molecule has 0 radical (unpaired) electrons. The van der Waals surface area contributed by atoms with Crippen LogP contribution in [-0.4, -0.2) is 44.6 Å². The lowest BCUT2D eigenvalue weighted by molar-refractivity contribution is -0.147. The van der Waals surface area contributed by atoms with E-state index in [2.05, 4.69) is 10.1 Å². The Bertz CT molecular complexity index is 805. The number of amides is 1. The fourth-order valence-corrected chi connectivity index (χ4v) is 2.45. The van der Waals surface area contributed by atoms with Crippen LogP contribution >= 0.6 is 0 Å². The third-order valence-corrected chi connectivity index (χ3v) is 4.53. The molecule has 2 heterocycles. The number of aromatic nitrogens is 2. The summed E-state index contributed by atoms with van der Waals surface area (Å²) >= 11 is 0. The highest BCUT2D eigenvalue weighted by molar-refractivity contribution is 6.07. The van der Waals surface area contributed by atoms with Crippen molar-refractivity contribution >= 4 is 23.0 Å². The monoisotopic (exact) mass is 317 g/mol. The van der Waals surface area contributed by atoms with Crippen LogP contribution in [0.1, 0.15) is 54.4 Å². The number of carbonyl (C=O) groups is 2. The standard InChI is InChI=1S/C16H19N3O4/c1-8-12-10(14(20)19(4)16(2,3)15(21)22)7-11(9-5-6-9)17-13(12)23-18-8/h7,9H,5-6H2,1-4H3,(H,21,22). The number of nitrogens with zero attached hydrogens (tertiary/aromatic N) is 3. The quantitative estimate of drug-likeness (QED) is 0.929. The Balaban J connectivity index is 2.12. The third kappa shape index (κ3) is 2.46. The molecule has 0 bridgehead atoms. The summed E-state index contributed by atoms with van der Waals surface area (Å²) in [6.45, 7) is 4.73. The van der Waals surface area contributed by atoms with E-state index in [9.17, 15) is 14.7 Å². The predicted molar refractivity (Wildman–Crippen MR) is 82.3 cm³/mol. The van der Waals surface area contributed by atoms with Crippen LogP contribution in [0.25, 0.3) is 11.1 Å². The maximum absolute atomic E-state index is 12.9. The molecule has 0 atom stereocenters. The fraction of sp³-hybridized carbons (Fsp3) is 0.500. The Morgan fingerprint density at radius 1 is 1.39 bits per heavy atom. The summed E-state index contributed by atoms with van der Waals surface area (Å²) in [4.78, 5) is 30.0. The zero-order valence-electron chi connectivity index (χ0n) is 13.6. The molecule has 3 rings (SSSR count). The highest BCUT2D eigenvalue weighted by Gasteiger charge is 2.37. The molecule has 1 aliphatic rings. The molecule has 2 aromatic rings. The molecule has 0 aliphatic heterocycles. The maximum Gasteiger partial charge on any atom is 0.329 e. The van der Waals surface area contributed by atoms with Crippen LogP contribution < -0.4 is 0 Å². The minimum absolute atomic E-state index is 0.330. The summed E-state index contributed by atoms with van der Waals surface area (Å²) < 4.78 is 5.22. The van der Waals surface area contributed by atoms with Crippen LogP contribution in [0.5, 0.6) is 0 Å². The summed E-state index contributed by atoms with van der Waals surface area (Å²) in [6.07, 6.45) is 2.07. The topological polar surface area (TPSA) is 96.5 Å². The first kappa shape index (κ1) is 15.5. The molecule has 0 aromatic carbocycles. The first-order valence-corrected chi connectivity index (χ1v) is 7.52. The van der Waals surface area contributed by atoms with Gasteiger partial charge in [-0.15, -0.1) is 0 Å². The van der Waals surface area contributed by atoms with Crippen LogP contribution in [0.2, 0.25) is 0 Å². The summed E-state index contributed by atoms with van der Waals surface area (Å²) in [6, 6.07) is 1.75. The van der Waals surface area contributed by atoms with E-state index in [1.807, 2.05) is 0 Å². The van der Waals surface area contributed by atoms with E-state index in [0.717, 1.165) is 18.5 Å². The molecule has 0 spiro atoms. The molecule has 122 valence electrons. The molecule has 7 heteroatoms. The lowest BCUT2D eigenvalue weighted by atomic mass is 10.0. The van der Waals surface area contributed by atoms with Gasteiger partial charge in [0, 0.05) is 18.7 Å². The van der Waals surface area contributed by atoms with E-state index >= 15 is 0 Å². The molecular weight excluding hydrogens is 298 g/mol. The number of hydrogen-bond acceptors (Lipinski definition) is 5. The molecule has 1 aliphatic carbocycles. The summed E-state index contributed by atoms with van der Waals surface area (Å²) in [5.41, 5.74) is 0.778. The van der Waals surface area contributed by atoms with Gasteiger partial charge in [0.05, 0.1) is 16.6 Å². The van der Waals surface area contributed by atoms with Crippen molar-refractivity contribution in [2.24, 2.45) is 0 Å². The van der Waals surface area contributed by atoms with Gasteiger partial charge in [-0.3, -0.25) is 4.79 Å². The van der Waals surface area contributed by atoms with Gasteiger partial charge in [0.2, 0.25) is 0 Å². The predicted octanol–water partition coefficient (Wildman–Crippen LogP) is 2.34. The average Bonchev–Trinajstić information content (AvgIpc) is 3.29. The summed E-state index contributed by atoms with van der Waals surface area (Å²) in [7, 11) is 1.49. The van der Waals surface area contributed by atoms with Crippen molar-refractivity contribution in [2.45, 2.75) is 45.1 Å². The number of rotatable bonds is 4. The molecular formula is C16H19N3O4. The van der Waals surface area contributed by atoms with E-state index in [1.54, 1.807) is 13.0 Å². The smallest absolute Gasteiger partial charge is 0.329 e. The van der Waals surface area contributed by atoms with E-state index in [1.165, 1.54) is 25.8 Å². The van der Waals surface area contributed by atoms with Crippen LogP contribution in [0.4, 0.5) is 0 Å². The zero-order valence-corrected chi connectivity index (χ0v) is 13.6. The maximum atomic E-state index is 12.9. The Hall–Kier alpha value is -2.44. The van der Waals surface area contributed by atoms with E-state index in [4.69, 9.17) is 4.52 Å². The largest absolute Gasteiger partial charge is 0.480 e. The van der Waals surface area contributed by atoms with Crippen LogP contribution in [0, 0.1) is 6.92 Å². The molecule has 2 aromatic heterocycles. The van der Waals surface area contributed by atoms with Gasteiger partial charge in [-0.1, -0.05) is 5.16 Å². The number of carboxylic acid groups (broad SMARTS) is 1. The lowest BCUT2D eigenvalue weighted by Crippen LogP contribution is -2.50. The molecule has 0 unspecified atom stereocenters. The first-order valence-electron chi connectivity index (χ1n) is 7.52. The van der Waals surface area contributed by atoms with Gasteiger partial charge in [0.25, 0.3) is 11.6 Å². The van der Waals surface area contributed by atoms with Crippen LogP contribution in [0.3, 0.4) is 0 Å². The second-order valence-electron chi connectivity index (χ2n) is 6.55. The van der Waals surface area contributed by atoms with Crippen molar-refractivity contribution in [1.82, 2.24) is 15.0 Å². The highest BCUT2D eigenvalue weighted by atomic mass is 16.5. The van der Waals surface area contributed by atoms with E-state index in [-0.39, 0.29) is 5.91 Å². The van der Waals surface area contributed by atoms with Gasteiger partial charge in [-0.05, 0) is 39.7 Å². The average molecular weight is 317 g/mol. The lowest BCUT2D eigenvalue weighted by Gasteiger charge is -2.31. The second-order valence-corrected chi connectivity index (χ2v) is 6.55. The van der Waals surface area contributed by atoms with Gasteiger partial charge < -0.3 is 14.5 Å². The Morgan fingerprint density at radius 2 is 2.04 bits per heavy atom. The van der Waals surface area contributed by atoms with Crippen LogP contribution in [0.15, 0.2) is 10.6 Å². The van der Waals surface area contributed by atoms with E-state index in [0.29, 0.717) is 28.3 Å². The number of pyridine rings is 1. The summed E-state index contributed by atoms with van der Waals surface area (Å²) in [5, 5.41) is 13.8.